The lowest BCUT2D eigenvalue weighted by atomic mass is 10.1. The van der Waals surface area contributed by atoms with Crippen molar-refractivity contribution in [3.8, 4) is 5.88 Å². The van der Waals surface area contributed by atoms with E-state index in [2.05, 4.69) is 10.3 Å². The fourth-order valence-electron chi connectivity index (χ4n) is 2.69. The summed E-state index contributed by atoms with van der Waals surface area (Å²) in [4.78, 5) is 29.5. The molecule has 1 unspecified atom stereocenters. The number of benzene rings is 1. The molecule has 2 heterocycles. The molecule has 0 bridgehead atoms. The van der Waals surface area contributed by atoms with Crippen LogP contribution >= 0.6 is 0 Å². The lowest BCUT2D eigenvalue weighted by Gasteiger charge is -2.16. The maximum atomic E-state index is 12.9. The van der Waals surface area contributed by atoms with Crippen molar-refractivity contribution in [3.63, 3.8) is 0 Å². The van der Waals surface area contributed by atoms with Crippen LogP contribution in [0, 0.1) is 11.7 Å². The highest BCUT2D eigenvalue weighted by atomic mass is 19.1. The minimum Gasteiger partial charge on any atom is -0.473 e. The van der Waals surface area contributed by atoms with Crippen molar-refractivity contribution >= 4 is 17.5 Å². The van der Waals surface area contributed by atoms with Gasteiger partial charge in [-0.3, -0.25) is 9.59 Å². The first kappa shape index (κ1) is 16.9. The van der Waals surface area contributed by atoms with Crippen molar-refractivity contribution in [1.82, 2.24) is 10.3 Å². The van der Waals surface area contributed by atoms with Crippen molar-refractivity contribution in [2.75, 3.05) is 18.5 Å². The number of carbonyl (C=O) groups is 2. The third-order valence-electron chi connectivity index (χ3n) is 4.07. The monoisotopic (exact) mass is 343 g/mol. The van der Waals surface area contributed by atoms with Crippen molar-refractivity contribution in [2.24, 2.45) is 5.92 Å². The minimum absolute atomic E-state index is 0.101. The van der Waals surface area contributed by atoms with Crippen LogP contribution in [0.3, 0.4) is 0 Å². The third-order valence-corrected chi connectivity index (χ3v) is 4.07. The molecular weight excluding hydrogens is 325 g/mol. The van der Waals surface area contributed by atoms with E-state index in [0.717, 1.165) is 5.56 Å². The molecular formula is C18H18FN3O3. The summed E-state index contributed by atoms with van der Waals surface area (Å²) in [7, 11) is 1.56. The highest BCUT2D eigenvalue weighted by Gasteiger charge is 2.34. The molecule has 1 aliphatic rings. The molecule has 6 nitrogen and oxygen atoms in total. The highest BCUT2D eigenvalue weighted by molar-refractivity contribution is 6.00. The summed E-state index contributed by atoms with van der Waals surface area (Å²) < 4.78 is 18.4. The zero-order chi connectivity index (χ0) is 17.8. The summed E-state index contributed by atoms with van der Waals surface area (Å²) >= 11 is 0. The van der Waals surface area contributed by atoms with E-state index in [4.69, 9.17) is 4.74 Å². The molecule has 3 rings (SSSR count). The molecule has 1 aromatic carbocycles. The first-order chi connectivity index (χ1) is 12.1. The predicted molar refractivity (Wildman–Crippen MR) is 89.5 cm³/mol. The van der Waals surface area contributed by atoms with Crippen molar-refractivity contribution in [2.45, 2.75) is 13.0 Å². The van der Waals surface area contributed by atoms with Gasteiger partial charge in [-0.15, -0.1) is 0 Å². The van der Waals surface area contributed by atoms with Gasteiger partial charge in [0.05, 0.1) is 17.8 Å². The summed E-state index contributed by atoms with van der Waals surface area (Å²) in [5.74, 6) is -0.468. The summed E-state index contributed by atoms with van der Waals surface area (Å²) in [6.07, 6.45) is 1.74. The molecule has 2 aromatic rings. The Hall–Kier alpha value is -2.96. The molecule has 25 heavy (non-hydrogen) atoms. The van der Waals surface area contributed by atoms with Crippen LogP contribution in [0.4, 0.5) is 10.1 Å². The number of halogens is 1. The normalized spacial score (nSPS) is 16.8. The Morgan fingerprint density at radius 3 is 2.72 bits per heavy atom. The fourth-order valence-corrected chi connectivity index (χ4v) is 2.69. The van der Waals surface area contributed by atoms with E-state index < -0.39 is 0 Å². The Bertz CT molecular complexity index is 762. The number of aromatic nitrogens is 1. The lowest BCUT2D eigenvalue weighted by molar-refractivity contribution is -0.125. The quantitative estimate of drug-likeness (QED) is 0.900. The minimum atomic E-state index is -0.341. The summed E-state index contributed by atoms with van der Waals surface area (Å²) in [5.41, 5.74) is 1.46. The van der Waals surface area contributed by atoms with Crippen LogP contribution in [-0.4, -0.2) is 30.4 Å². The Labute approximate surface area is 144 Å². The molecule has 2 amide bonds. The van der Waals surface area contributed by atoms with Crippen LogP contribution in [0.1, 0.15) is 12.0 Å². The molecule has 1 aliphatic heterocycles. The number of nitrogens with one attached hydrogen (secondary N) is 1. The summed E-state index contributed by atoms with van der Waals surface area (Å²) in [6.45, 7) is 0.615. The van der Waals surface area contributed by atoms with Gasteiger partial charge >= 0.3 is 0 Å². The van der Waals surface area contributed by atoms with Gasteiger partial charge < -0.3 is 15.0 Å². The number of anilines is 1. The average Bonchev–Trinajstić information content (AvgIpc) is 3.03. The van der Waals surface area contributed by atoms with E-state index in [9.17, 15) is 14.0 Å². The highest BCUT2D eigenvalue weighted by Crippen LogP contribution is 2.25. The van der Waals surface area contributed by atoms with Crippen LogP contribution < -0.4 is 15.0 Å². The van der Waals surface area contributed by atoms with Crippen LogP contribution in [0.5, 0.6) is 5.88 Å². The van der Waals surface area contributed by atoms with Gasteiger partial charge in [0.2, 0.25) is 17.7 Å². The molecule has 1 atom stereocenters. The maximum Gasteiger partial charge on any atom is 0.227 e. The second-order valence-corrected chi connectivity index (χ2v) is 5.79. The van der Waals surface area contributed by atoms with E-state index >= 15 is 0 Å². The zero-order valence-corrected chi connectivity index (χ0v) is 13.7. The number of rotatable bonds is 5. The van der Waals surface area contributed by atoms with E-state index in [1.807, 2.05) is 0 Å². The van der Waals surface area contributed by atoms with Gasteiger partial charge in [0.1, 0.15) is 12.4 Å². The maximum absolute atomic E-state index is 12.9. The van der Waals surface area contributed by atoms with E-state index in [0.29, 0.717) is 18.1 Å². The first-order valence-electron chi connectivity index (χ1n) is 7.92. The van der Waals surface area contributed by atoms with Crippen LogP contribution in [0.15, 0.2) is 42.6 Å². The zero-order valence-electron chi connectivity index (χ0n) is 13.7. The number of nitrogens with zero attached hydrogens (tertiary/aromatic N) is 2. The van der Waals surface area contributed by atoms with Crippen molar-refractivity contribution in [1.29, 1.82) is 0 Å². The van der Waals surface area contributed by atoms with Gasteiger partial charge in [-0.05, 0) is 23.8 Å². The topological polar surface area (TPSA) is 71.5 Å². The number of carbonyl (C=O) groups excluding carboxylic acids is 2. The van der Waals surface area contributed by atoms with Crippen molar-refractivity contribution in [3.05, 3.63) is 54.0 Å². The van der Waals surface area contributed by atoms with Crippen LogP contribution in [-0.2, 0) is 16.2 Å². The van der Waals surface area contributed by atoms with E-state index in [-0.39, 0.29) is 36.6 Å². The second kappa shape index (κ2) is 7.29. The molecule has 1 aromatic heterocycles. The molecule has 1 saturated heterocycles. The van der Waals surface area contributed by atoms with Gasteiger partial charge in [-0.2, -0.15) is 0 Å². The lowest BCUT2D eigenvalue weighted by Crippen LogP contribution is -2.30. The number of amides is 2. The Morgan fingerprint density at radius 1 is 1.32 bits per heavy atom. The molecule has 7 heteroatoms. The Balaban J connectivity index is 1.61. The fraction of sp³-hybridized carbons (Fsp3) is 0.278. The van der Waals surface area contributed by atoms with E-state index in [1.165, 1.54) is 12.1 Å². The Morgan fingerprint density at radius 2 is 2.08 bits per heavy atom. The third kappa shape index (κ3) is 3.93. The molecule has 0 radical (unpaired) electrons. The van der Waals surface area contributed by atoms with Gasteiger partial charge in [0, 0.05) is 26.1 Å². The van der Waals surface area contributed by atoms with Gasteiger partial charge in [-0.1, -0.05) is 12.1 Å². The van der Waals surface area contributed by atoms with E-state index in [1.54, 1.807) is 42.4 Å². The predicted octanol–water partition coefficient (Wildman–Crippen LogP) is 1.90. The van der Waals surface area contributed by atoms with Crippen LogP contribution in [0.2, 0.25) is 0 Å². The average molecular weight is 343 g/mol. The van der Waals surface area contributed by atoms with Crippen LogP contribution in [0.25, 0.3) is 0 Å². The first-order valence-corrected chi connectivity index (χ1v) is 7.92. The SMILES string of the molecule is CNC(=O)C1CC(=O)N(c2ccc(OCc3ccc(F)cc3)nc2)C1. The van der Waals surface area contributed by atoms with Gasteiger partial charge in [-0.25, -0.2) is 9.37 Å². The number of pyridine rings is 1. The molecule has 0 aliphatic carbocycles. The molecule has 1 N–H and O–H groups in total. The van der Waals surface area contributed by atoms with Gasteiger partial charge in [0.15, 0.2) is 0 Å². The smallest absolute Gasteiger partial charge is 0.227 e. The summed E-state index contributed by atoms with van der Waals surface area (Å²) in [5, 5.41) is 2.57. The summed E-state index contributed by atoms with van der Waals surface area (Å²) in [6, 6.07) is 9.43. The van der Waals surface area contributed by atoms with Crippen molar-refractivity contribution < 1.29 is 18.7 Å². The molecule has 0 spiro atoms. The van der Waals surface area contributed by atoms with Gasteiger partial charge in [0.25, 0.3) is 0 Å². The Kier molecular flexibility index (Phi) is 4.92. The second-order valence-electron chi connectivity index (χ2n) is 5.79. The molecule has 1 fully saturated rings. The number of ether oxygens (including phenoxy) is 1. The molecule has 0 saturated carbocycles. The number of hydrogen-bond donors (Lipinski definition) is 1. The number of hydrogen-bond acceptors (Lipinski definition) is 4. The largest absolute Gasteiger partial charge is 0.473 e. The standard InChI is InChI=1S/C18H18FN3O3/c1-20-18(24)13-8-17(23)22(10-13)15-6-7-16(21-9-15)25-11-12-2-4-14(19)5-3-12/h2-7,9,13H,8,10-11H2,1H3,(H,20,24). The molecule has 130 valence electrons.